The van der Waals surface area contributed by atoms with Gasteiger partial charge in [0.25, 0.3) is 10.1 Å². The molecule has 0 fully saturated rings. The topological polar surface area (TPSA) is 162 Å². The third-order valence-electron chi connectivity index (χ3n) is 2.68. The maximum absolute atomic E-state index is 11.0. The molecule has 0 saturated heterocycles. The van der Waals surface area contributed by atoms with Gasteiger partial charge in [-0.25, -0.2) is 8.42 Å². The van der Waals surface area contributed by atoms with E-state index in [1.54, 1.807) is 0 Å². The van der Waals surface area contributed by atoms with Gasteiger partial charge in [-0.3, -0.25) is 4.55 Å². The van der Waals surface area contributed by atoms with Crippen molar-refractivity contribution in [2.75, 3.05) is 5.73 Å². The summed E-state index contributed by atoms with van der Waals surface area (Å²) in [7, 11) is -9.03. The van der Waals surface area contributed by atoms with E-state index in [1.165, 1.54) is 24.3 Å². The van der Waals surface area contributed by atoms with Crippen molar-refractivity contribution in [3.8, 4) is 0 Å². The standard InChI is InChI=1S/C12H11N3O6S2.Na/c13-11-6-3-9(7-12(11)23(19,20)21)15-14-8-1-4-10(5-2-8)22(16,17)18;/h1-7H,13H2,(H,16,17,18)(H,19,20,21);/q;+1/p-1. The number of hydrogen-bond donors (Lipinski definition) is 2. The van der Waals surface area contributed by atoms with E-state index in [-0.39, 0.29) is 51.5 Å². The fraction of sp³-hybridized carbons (Fsp3) is 0. The number of anilines is 1. The van der Waals surface area contributed by atoms with Crippen molar-refractivity contribution in [3.63, 3.8) is 0 Å². The van der Waals surface area contributed by atoms with Gasteiger partial charge in [0.1, 0.15) is 10.1 Å². The van der Waals surface area contributed by atoms with Crippen LogP contribution >= 0.6 is 0 Å². The second kappa shape index (κ2) is 7.70. The number of nitrogen functional groups attached to an aromatic ring is 1. The van der Waals surface area contributed by atoms with Gasteiger partial charge in [-0.15, -0.1) is 0 Å². The molecule has 0 aromatic heterocycles. The van der Waals surface area contributed by atoms with Crippen molar-refractivity contribution >= 4 is 37.3 Å². The fourth-order valence-corrected chi connectivity index (χ4v) is 2.70. The molecular weight excluding hydrogens is 369 g/mol. The molecule has 9 nitrogen and oxygen atoms in total. The first-order valence-electron chi connectivity index (χ1n) is 5.92. The van der Waals surface area contributed by atoms with Crippen LogP contribution in [0.15, 0.2) is 62.5 Å². The molecular formula is C12H10N3NaO6S2. The Balaban J connectivity index is 0.00000288. The van der Waals surface area contributed by atoms with Gasteiger partial charge in [0.2, 0.25) is 0 Å². The van der Waals surface area contributed by atoms with Gasteiger partial charge >= 0.3 is 29.6 Å². The molecule has 0 radical (unpaired) electrons. The summed E-state index contributed by atoms with van der Waals surface area (Å²) in [6.45, 7) is 0. The van der Waals surface area contributed by atoms with Crippen LogP contribution in [0.25, 0.3) is 0 Å². The Hall–Kier alpha value is -1.34. The molecule has 122 valence electrons. The number of nitrogens with two attached hydrogens (primary N) is 1. The largest absolute Gasteiger partial charge is 1.00 e. The summed E-state index contributed by atoms with van der Waals surface area (Å²) < 4.78 is 63.7. The average Bonchev–Trinajstić information content (AvgIpc) is 2.44. The summed E-state index contributed by atoms with van der Waals surface area (Å²) in [4.78, 5) is -0.903. The molecule has 2 aromatic carbocycles. The molecule has 0 aliphatic heterocycles. The molecule has 0 heterocycles. The summed E-state index contributed by atoms with van der Waals surface area (Å²) in [5, 5.41) is 7.50. The zero-order valence-electron chi connectivity index (χ0n) is 12.3. The molecule has 0 bridgehead atoms. The summed E-state index contributed by atoms with van der Waals surface area (Å²) >= 11 is 0. The van der Waals surface area contributed by atoms with Crippen molar-refractivity contribution in [1.82, 2.24) is 0 Å². The van der Waals surface area contributed by atoms with Crippen molar-refractivity contribution in [2.45, 2.75) is 9.79 Å². The van der Waals surface area contributed by atoms with Crippen molar-refractivity contribution < 1.29 is 55.5 Å². The maximum atomic E-state index is 11.0. The number of hydrogen-bond acceptors (Lipinski definition) is 8. The number of azo groups is 1. The molecule has 0 saturated carbocycles. The van der Waals surface area contributed by atoms with E-state index in [9.17, 15) is 21.4 Å². The van der Waals surface area contributed by atoms with E-state index in [2.05, 4.69) is 10.2 Å². The minimum absolute atomic E-state index is 0. The number of benzene rings is 2. The summed E-state index contributed by atoms with van der Waals surface area (Å²) in [6, 6.07) is 8.37. The smallest absolute Gasteiger partial charge is 0.744 e. The number of nitrogens with zero attached hydrogens (tertiary/aromatic N) is 2. The second-order valence-electron chi connectivity index (χ2n) is 4.35. The van der Waals surface area contributed by atoms with Crippen LogP contribution in [-0.2, 0) is 20.2 Å². The third kappa shape index (κ3) is 5.34. The molecule has 0 unspecified atom stereocenters. The van der Waals surface area contributed by atoms with Crippen LogP contribution in [0.2, 0.25) is 0 Å². The fourth-order valence-electron chi connectivity index (χ4n) is 1.60. The first-order valence-corrected chi connectivity index (χ1v) is 8.77. The Morgan fingerprint density at radius 1 is 0.917 bits per heavy atom. The van der Waals surface area contributed by atoms with Gasteiger partial charge in [-0.1, -0.05) is 0 Å². The normalized spacial score (nSPS) is 12.1. The molecule has 3 N–H and O–H groups in total. The van der Waals surface area contributed by atoms with Crippen LogP contribution in [0.5, 0.6) is 0 Å². The van der Waals surface area contributed by atoms with E-state index in [0.717, 1.165) is 18.2 Å². The van der Waals surface area contributed by atoms with Gasteiger partial charge in [-0.05, 0) is 42.5 Å². The zero-order chi connectivity index (χ0) is 17.3. The van der Waals surface area contributed by atoms with Crippen LogP contribution in [-0.4, -0.2) is 25.9 Å². The van der Waals surface area contributed by atoms with Gasteiger partial charge < -0.3 is 10.3 Å². The van der Waals surface area contributed by atoms with E-state index >= 15 is 0 Å². The number of rotatable bonds is 4. The molecule has 2 rings (SSSR count). The van der Waals surface area contributed by atoms with Crippen molar-refractivity contribution in [2.24, 2.45) is 10.2 Å². The first-order chi connectivity index (χ1) is 10.6. The molecule has 0 amide bonds. The Morgan fingerprint density at radius 3 is 1.92 bits per heavy atom. The molecule has 0 aliphatic carbocycles. The average molecular weight is 379 g/mol. The van der Waals surface area contributed by atoms with Crippen LogP contribution in [0.4, 0.5) is 17.1 Å². The molecule has 12 heteroatoms. The predicted octanol–water partition coefficient (Wildman–Crippen LogP) is -1.16. The van der Waals surface area contributed by atoms with Crippen LogP contribution in [0.3, 0.4) is 0 Å². The maximum Gasteiger partial charge on any atom is 1.00 e. The molecule has 0 aliphatic rings. The Morgan fingerprint density at radius 2 is 1.42 bits per heavy atom. The van der Waals surface area contributed by atoms with E-state index < -0.39 is 25.1 Å². The van der Waals surface area contributed by atoms with Crippen LogP contribution in [0, 0.1) is 0 Å². The quantitative estimate of drug-likeness (QED) is 0.293. The Labute approximate surface area is 160 Å². The second-order valence-corrected chi connectivity index (χ2v) is 7.11. The molecule has 24 heavy (non-hydrogen) atoms. The summed E-state index contributed by atoms with van der Waals surface area (Å²) in [5.41, 5.74) is 5.54. The van der Waals surface area contributed by atoms with Gasteiger partial charge in [0.15, 0.2) is 0 Å². The van der Waals surface area contributed by atoms with Gasteiger partial charge in [-0.2, -0.15) is 18.6 Å². The van der Waals surface area contributed by atoms with Gasteiger partial charge in [0, 0.05) is 5.69 Å². The van der Waals surface area contributed by atoms with Gasteiger partial charge in [0.05, 0.1) is 21.2 Å². The first kappa shape index (κ1) is 20.7. The zero-order valence-corrected chi connectivity index (χ0v) is 16.0. The van der Waals surface area contributed by atoms with E-state index in [4.69, 9.17) is 10.3 Å². The Bertz CT molecular complexity index is 972. The summed E-state index contributed by atoms with van der Waals surface area (Å²) in [6.07, 6.45) is 0. The van der Waals surface area contributed by atoms with Crippen molar-refractivity contribution in [3.05, 3.63) is 42.5 Å². The van der Waals surface area contributed by atoms with Crippen LogP contribution in [0.1, 0.15) is 0 Å². The van der Waals surface area contributed by atoms with E-state index in [0.29, 0.717) is 0 Å². The van der Waals surface area contributed by atoms with E-state index in [1.807, 2.05) is 0 Å². The minimum atomic E-state index is -4.73. The SMILES string of the molecule is Nc1ccc(N=Nc2ccc(S(=O)(=O)O)cc2)cc1S(=O)(=O)[O-].[Na+]. The third-order valence-corrected chi connectivity index (χ3v) is 4.44. The summed E-state index contributed by atoms with van der Waals surface area (Å²) in [5.74, 6) is 0. The van der Waals surface area contributed by atoms with Crippen molar-refractivity contribution in [1.29, 1.82) is 0 Å². The Kier molecular flexibility index (Phi) is 6.64. The predicted molar refractivity (Wildman–Crippen MR) is 79.3 cm³/mol. The molecule has 0 atom stereocenters. The molecule has 2 aromatic rings. The molecule has 0 spiro atoms. The van der Waals surface area contributed by atoms with Crippen LogP contribution < -0.4 is 35.3 Å². The minimum Gasteiger partial charge on any atom is -0.744 e. The monoisotopic (exact) mass is 379 g/mol.